The molecule has 0 fully saturated rings. The standard InChI is InChI=1S/C21H20N2O3S/c1-3-15-9-11-17(12-10-15)20(25)26-14(2)19(24)23-21-22-18(13-27-21)16-7-5-4-6-8-16/h4-14H,3H2,1-2H3,(H,22,23,24)/t14-/m0/s1. The first kappa shape index (κ1) is 18.8. The van der Waals surface area contributed by atoms with Gasteiger partial charge in [0.2, 0.25) is 0 Å². The Kier molecular flexibility index (Phi) is 5.98. The lowest BCUT2D eigenvalue weighted by atomic mass is 10.1. The number of anilines is 1. The first-order valence-electron chi connectivity index (χ1n) is 8.68. The monoisotopic (exact) mass is 380 g/mol. The van der Waals surface area contributed by atoms with Crippen LogP contribution < -0.4 is 5.32 Å². The van der Waals surface area contributed by atoms with Crippen LogP contribution in [0.25, 0.3) is 11.3 Å². The number of thiazole rings is 1. The van der Waals surface area contributed by atoms with Gasteiger partial charge in [-0.1, -0.05) is 49.4 Å². The summed E-state index contributed by atoms with van der Waals surface area (Å²) in [5.41, 5.74) is 3.32. The first-order chi connectivity index (χ1) is 13.1. The van der Waals surface area contributed by atoms with Crippen LogP contribution in [0.1, 0.15) is 29.8 Å². The van der Waals surface area contributed by atoms with Crippen LogP contribution in [0.2, 0.25) is 0 Å². The fourth-order valence-corrected chi connectivity index (χ4v) is 3.16. The average Bonchev–Trinajstić information content (AvgIpc) is 3.17. The van der Waals surface area contributed by atoms with Crippen LogP contribution in [0.3, 0.4) is 0 Å². The fraction of sp³-hybridized carbons (Fsp3) is 0.190. The number of rotatable bonds is 6. The number of aryl methyl sites for hydroxylation is 1. The van der Waals surface area contributed by atoms with Crippen molar-refractivity contribution >= 4 is 28.3 Å². The van der Waals surface area contributed by atoms with E-state index in [1.54, 1.807) is 19.1 Å². The molecule has 1 aromatic heterocycles. The molecule has 0 spiro atoms. The molecule has 3 rings (SSSR count). The highest BCUT2D eigenvalue weighted by atomic mass is 32.1. The SMILES string of the molecule is CCc1ccc(C(=O)O[C@@H](C)C(=O)Nc2nc(-c3ccccc3)cs2)cc1. The Hall–Kier alpha value is -2.99. The van der Waals surface area contributed by atoms with Crippen LogP contribution in [0.15, 0.2) is 60.0 Å². The van der Waals surface area contributed by atoms with E-state index in [0.717, 1.165) is 23.2 Å². The Balaban J connectivity index is 1.59. The number of hydrogen-bond acceptors (Lipinski definition) is 5. The summed E-state index contributed by atoms with van der Waals surface area (Å²) in [5, 5.41) is 5.04. The van der Waals surface area contributed by atoms with Crippen molar-refractivity contribution in [2.24, 2.45) is 0 Å². The predicted octanol–water partition coefficient (Wildman–Crippen LogP) is 4.56. The molecule has 5 nitrogen and oxygen atoms in total. The molecule has 0 unspecified atom stereocenters. The van der Waals surface area contributed by atoms with Gasteiger partial charge in [0.05, 0.1) is 11.3 Å². The summed E-state index contributed by atoms with van der Waals surface area (Å²) >= 11 is 1.33. The van der Waals surface area contributed by atoms with Gasteiger partial charge in [-0.25, -0.2) is 9.78 Å². The molecule has 138 valence electrons. The molecule has 1 N–H and O–H groups in total. The molecule has 2 aromatic carbocycles. The minimum Gasteiger partial charge on any atom is -0.449 e. The molecule has 0 saturated carbocycles. The van der Waals surface area contributed by atoms with E-state index in [2.05, 4.69) is 10.3 Å². The van der Waals surface area contributed by atoms with Gasteiger partial charge in [0.15, 0.2) is 11.2 Å². The number of carbonyl (C=O) groups excluding carboxylic acids is 2. The van der Waals surface area contributed by atoms with Gasteiger partial charge in [-0.2, -0.15) is 0 Å². The van der Waals surface area contributed by atoms with Crippen molar-refractivity contribution in [1.29, 1.82) is 0 Å². The third-order valence-corrected chi connectivity index (χ3v) is 4.81. The lowest BCUT2D eigenvalue weighted by Crippen LogP contribution is -2.29. The molecule has 1 atom stereocenters. The van der Waals surface area contributed by atoms with Crippen molar-refractivity contribution in [3.8, 4) is 11.3 Å². The van der Waals surface area contributed by atoms with Crippen molar-refractivity contribution < 1.29 is 14.3 Å². The molecule has 0 bridgehead atoms. The number of amides is 1. The Labute approximate surface area is 162 Å². The Morgan fingerprint density at radius 2 is 1.81 bits per heavy atom. The zero-order chi connectivity index (χ0) is 19.2. The third kappa shape index (κ3) is 4.80. The topological polar surface area (TPSA) is 68.3 Å². The van der Waals surface area contributed by atoms with Crippen LogP contribution >= 0.6 is 11.3 Å². The second-order valence-electron chi connectivity index (χ2n) is 5.99. The second kappa shape index (κ2) is 8.60. The number of ether oxygens (including phenoxy) is 1. The lowest BCUT2D eigenvalue weighted by molar-refractivity contribution is -0.123. The maximum absolute atomic E-state index is 12.3. The molecule has 0 aliphatic heterocycles. The molecule has 6 heteroatoms. The number of esters is 1. The first-order valence-corrected chi connectivity index (χ1v) is 9.56. The predicted molar refractivity (Wildman–Crippen MR) is 107 cm³/mol. The van der Waals surface area contributed by atoms with Crippen molar-refractivity contribution in [2.75, 3.05) is 5.32 Å². The van der Waals surface area contributed by atoms with Gasteiger partial charge in [0, 0.05) is 10.9 Å². The highest BCUT2D eigenvalue weighted by Crippen LogP contribution is 2.24. The van der Waals surface area contributed by atoms with E-state index in [1.165, 1.54) is 11.3 Å². The molecule has 0 saturated heterocycles. The maximum atomic E-state index is 12.3. The van der Waals surface area contributed by atoms with Gasteiger partial charge in [-0.3, -0.25) is 10.1 Å². The summed E-state index contributed by atoms with van der Waals surface area (Å²) < 4.78 is 5.26. The lowest BCUT2D eigenvalue weighted by Gasteiger charge is -2.12. The van der Waals surface area contributed by atoms with Crippen molar-refractivity contribution in [3.63, 3.8) is 0 Å². The van der Waals surface area contributed by atoms with Crippen molar-refractivity contribution in [3.05, 3.63) is 71.1 Å². The van der Waals surface area contributed by atoms with E-state index < -0.39 is 18.0 Å². The normalized spacial score (nSPS) is 11.6. The largest absolute Gasteiger partial charge is 0.449 e. The van der Waals surface area contributed by atoms with Gasteiger partial charge in [-0.05, 0) is 31.0 Å². The number of nitrogens with one attached hydrogen (secondary N) is 1. The summed E-state index contributed by atoms with van der Waals surface area (Å²) in [6.07, 6.45) is -0.0279. The maximum Gasteiger partial charge on any atom is 0.338 e. The molecule has 0 aliphatic rings. The van der Waals surface area contributed by atoms with Gasteiger partial charge >= 0.3 is 5.97 Å². The van der Waals surface area contributed by atoms with E-state index in [4.69, 9.17) is 4.74 Å². The number of aromatic nitrogens is 1. The average molecular weight is 380 g/mol. The van der Waals surface area contributed by atoms with Crippen LogP contribution in [0.4, 0.5) is 5.13 Å². The van der Waals surface area contributed by atoms with Gasteiger partial charge < -0.3 is 4.74 Å². The number of hydrogen-bond donors (Lipinski definition) is 1. The molecule has 0 radical (unpaired) electrons. The zero-order valence-electron chi connectivity index (χ0n) is 15.1. The highest BCUT2D eigenvalue weighted by Gasteiger charge is 2.20. The summed E-state index contributed by atoms with van der Waals surface area (Å²) in [6, 6.07) is 16.9. The minimum atomic E-state index is -0.924. The van der Waals surface area contributed by atoms with Gasteiger partial charge in [0.1, 0.15) is 0 Å². The van der Waals surface area contributed by atoms with Gasteiger partial charge in [-0.15, -0.1) is 11.3 Å². The van der Waals surface area contributed by atoms with E-state index in [9.17, 15) is 9.59 Å². The van der Waals surface area contributed by atoms with Crippen LogP contribution in [0, 0.1) is 0 Å². The summed E-state index contributed by atoms with van der Waals surface area (Å²) in [5.74, 6) is -0.938. The Bertz CT molecular complexity index is 920. The van der Waals surface area contributed by atoms with E-state index in [0.29, 0.717) is 10.7 Å². The van der Waals surface area contributed by atoms with Crippen molar-refractivity contribution in [2.45, 2.75) is 26.4 Å². The van der Waals surface area contributed by atoms with Crippen LogP contribution in [-0.2, 0) is 16.0 Å². The molecule has 1 amide bonds. The molecular formula is C21H20N2O3S. The molecule has 3 aromatic rings. The van der Waals surface area contributed by atoms with E-state index in [1.807, 2.05) is 54.8 Å². The minimum absolute atomic E-state index is 0.414. The number of nitrogens with zero attached hydrogens (tertiary/aromatic N) is 1. The molecular weight excluding hydrogens is 360 g/mol. The van der Waals surface area contributed by atoms with Crippen LogP contribution in [0.5, 0.6) is 0 Å². The smallest absolute Gasteiger partial charge is 0.338 e. The molecule has 0 aliphatic carbocycles. The summed E-state index contributed by atoms with van der Waals surface area (Å²) in [4.78, 5) is 28.9. The summed E-state index contributed by atoms with van der Waals surface area (Å²) in [7, 11) is 0. The van der Waals surface area contributed by atoms with E-state index in [-0.39, 0.29) is 0 Å². The zero-order valence-corrected chi connectivity index (χ0v) is 16.0. The third-order valence-electron chi connectivity index (χ3n) is 4.05. The van der Waals surface area contributed by atoms with E-state index >= 15 is 0 Å². The summed E-state index contributed by atoms with van der Waals surface area (Å²) in [6.45, 7) is 3.58. The van der Waals surface area contributed by atoms with Crippen LogP contribution in [-0.4, -0.2) is 23.0 Å². The molecule has 27 heavy (non-hydrogen) atoms. The van der Waals surface area contributed by atoms with Gasteiger partial charge in [0.25, 0.3) is 5.91 Å². The highest BCUT2D eigenvalue weighted by molar-refractivity contribution is 7.14. The van der Waals surface area contributed by atoms with Crippen molar-refractivity contribution in [1.82, 2.24) is 4.98 Å². The Morgan fingerprint density at radius 1 is 1.11 bits per heavy atom. The fourth-order valence-electron chi connectivity index (χ4n) is 2.44. The number of carbonyl (C=O) groups is 2. The quantitative estimate of drug-likeness (QED) is 0.637. The second-order valence-corrected chi connectivity index (χ2v) is 6.85. The number of benzene rings is 2. The molecule has 1 heterocycles. The Morgan fingerprint density at radius 3 is 2.48 bits per heavy atom.